The lowest BCUT2D eigenvalue weighted by Gasteiger charge is -2.27. The Morgan fingerprint density at radius 3 is 1.69 bits per heavy atom. The smallest absolute Gasteiger partial charge is 0.135 e. The van der Waals surface area contributed by atoms with E-state index in [-0.39, 0.29) is 0 Å². The summed E-state index contributed by atoms with van der Waals surface area (Å²) in [5, 5.41) is 2.42. The fourth-order valence-corrected chi connectivity index (χ4v) is 6.96. The molecule has 9 rings (SSSR count). The first-order valence-electron chi connectivity index (χ1n) is 16.3. The molecule has 0 amide bonds. The number of hydrogen-bond donors (Lipinski definition) is 0. The molecule has 0 atom stereocenters. The van der Waals surface area contributed by atoms with E-state index in [1.807, 2.05) is 6.07 Å². The van der Waals surface area contributed by atoms with E-state index in [1.165, 1.54) is 38.6 Å². The van der Waals surface area contributed by atoms with Gasteiger partial charge >= 0.3 is 0 Å². The minimum absolute atomic E-state index is 0.841. The average molecular weight is 614 g/mol. The zero-order chi connectivity index (χ0) is 31.9. The predicted octanol–water partition coefficient (Wildman–Crippen LogP) is 13.1. The van der Waals surface area contributed by atoms with Crippen molar-refractivity contribution in [1.29, 1.82) is 0 Å². The fraction of sp³-hybridized carbons (Fsp3) is 0. The van der Waals surface area contributed by atoms with E-state index in [1.54, 1.807) is 0 Å². The number of fused-ring (bicyclic) bond motifs is 6. The van der Waals surface area contributed by atoms with Crippen molar-refractivity contribution in [1.82, 2.24) is 0 Å². The molecule has 0 spiro atoms. The van der Waals surface area contributed by atoms with Gasteiger partial charge in [0.05, 0.1) is 0 Å². The number of ether oxygens (including phenoxy) is 1. The van der Waals surface area contributed by atoms with Crippen molar-refractivity contribution in [2.45, 2.75) is 0 Å². The first kappa shape index (κ1) is 27.9. The van der Waals surface area contributed by atoms with Crippen LogP contribution >= 0.6 is 0 Å². The van der Waals surface area contributed by atoms with Crippen molar-refractivity contribution < 1.29 is 4.74 Å². The second-order valence-corrected chi connectivity index (χ2v) is 12.2. The van der Waals surface area contributed by atoms with Crippen LogP contribution in [0.1, 0.15) is 0 Å². The SMILES string of the molecule is c1ccc(-c2ccc(N(c3ccc4c(c3)-c3cccc(-c5ccccc5)c3-c3ccccc3O4)c3ccc4ccccc4c3)cc2)cc1. The van der Waals surface area contributed by atoms with Crippen molar-refractivity contribution in [2.24, 2.45) is 0 Å². The molecule has 1 aliphatic rings. The van der Waals surface area contributed by atoms with E-state index < -0.39 is 0 Å². The van der Waals surface area contributed by atoms with Gasteiger partial charge in [-0.3, -0.25) is 0 Å². The van der Waals surface area contributed by atoms with E-state index >= 15 is 0 Å². The Morgan fingerprint density at radius 2 is 0.875 bits per heavy atom. The zero-order valence-corrected chi connectivity index (χ0v) is 26.3. The lowest BCUT2D eigenvalue weighted by molar-refractivity contribution is 0.488. The molecule has 226 valence electrons. The molecule has 2 nitrogen and oxygen atoms in total. The predicted molar refractivity (Wildman–Crippen MR) is 200 cm³/mol. The van der Waals surface area contributed by atoms with Crippen LogP contribution in [-0.2, 0) is 0 Å². The number of anilines is 3. The summed E-state index contributed by atoms with van der Waals surface area (Å²) in [4.78, 5) is 2.35. The molecule has 0 fully saturated rings. The first-order chi connectivity index (χ1) is 23.8. The number of benzene rings is 8. The lowest BCUT2D eigenvalue weighted by atomic mass is 9.87. The number of hydrogen-bond acceptors (Lipinski definition) is 2. The molecule has 8 aromatic carbocycles. The summed E-state index contributed by atoms with van der Waals surface area (Å²) in [7, 11) is 0. The van der Waals surface area contributed by atoms with E-state index in [2.05, 4.69) is 187 Å². The third kappa shape index (κ3) is 4.92. The van der Waals surface area contributed by atoms with Crippen LogP contribution in [0, 0.1) is 0 Å². The van der Waals surface area contributed by atoms with Crippen LogP contribution < -0.4 is 9.64 Å². The van der Waals surface area contributed by atoms with Gasteiger partial charge in [0.15, 0.2) is 0 Å². The Kier molecular flexibility index (Phi) is 6.84. The second-order valence-electron chi connectivity index (χ2n) is 12.2. The molecule has 1 heterocycles. The van der Waals surface area contributed by atoms with Gasteiger partial charge in [-0.05, 0) is 87.1 Å². The first-order valence-corrected chi connectivity index (χ1v) is 16.3. The maximum atomic E-state index is 6.73. The summed E-state index contributed by atoms with van der Waals surface area (Å²) in [6.45, 7) is 0. The number of para-hydroxylation sites is 1. The van der Waals surface area contributed by atoms with Crippen LogP contribution in [0.3, 0.4) is 0 Å². The van der Waals surface area contributed by atoms with Gasteiger partial charge in [0.1, 0.15) is 11.5 Å². The summed E-state index contributed by atoms with van der Waals surface area (Å²) in [6, 6.07) is 66.8. The molecule has 0 unspecified atom stereocenters. The zero-order valence-electron chi connectivity index (χ0n) is 26.3. The van der Waals surface area contributed by atoms with Crippen molar-refractivity contribution >= 4 is 27.8 Å². The van der Waals surface area contributed by atoms with Crippen LogP contribution in [0.4, 0.5) is 17.1 Å². The largest absolute Gasteiger partial charge is 0.456 e. The highest BCUT2D eigenvalue weighted by Crippen LogP contribution is 2.51. The highest BCUT2D eigenvalue weighted by atomic mass is 16.5. The Morgan fingerprint density at radius 1 is 0.312 bits per heavy atom. The summed E-state index contributed by atoms with van der Waals surface area (Å²) < 4.78 is 6.73. The Balaban J connectivity index is 1.25. The summed E-state index contributed by atoms with van der Waals surface area (Å²) >= 11 is 0. The van der Waals surface area contributed by atoms with Crippen molar-refractivity contribution in [3.63, 3.8) is 0 Å². The highest BCUT2D eigenvalue weighted by molar-refractivity contribution is 6.00. The highest BCUT2D eigenvalue weighted by Gasteiger charge is 2.25. The van der Waals surface area contributed by atoms with Crippen LogP contribution in [0.15, 0.2) is 188 Å². The number of nitrogens with zero attached hydrogens (tertiary/aromatic N) is 1. The van der Waals surface area contributed by atoms with E-state index in [0.717, 1.165) is 45.3 Å². The van der Waals surface area contributed by atoms with Gasteiger partial charge in [-0.25, -0.2) is 0 Å². The van der Waals surface area contributed by atoms with E-state index in [9.17, 15) is 0 Å². The molecule has 0 saturated carbocycles. The van der Waals surface area contributed by atoms with Crippen LogP contribution in [0.25, 0.3) is 55.3 Å². The molecule has 8 aromatic rings. The van der Waals surface area contributed by atoms with Gasteiger partial charge in [-0.15, -0.1) is 0 Å². The Hall–Kier alpha value is -6.38. The van der Waals surface area contributed by atoms with Crippen molar-refractivity contribution in [3.8, 4) is 56.0 Å². The van der Waals surface area contributed by atoms with Gasteiger partial charge in [-0.1, -0.05) is 140 Å². The van der Waals surface area contributed by atoms with Gasteiger partial charge in [-0.2, -0.15) is 0 Å². The molecular formula is C46H31NO. The standard InChI is InChI=1S/C46H31NO/c1-3-12-32(13-4-1)34-22-25-37(26-23-34)47(38-27-24-33-14-7-8-17-36(33)30-38)39-28-29-45-43(31-39)41-20-11-19-40(35-15-5-2-6-16-35)46(41)42-18-9-10-21-44(42)48-45/h1-31H. The Bertz CT molecular complexity index is 2410. The lowest BCUT2D eigenvalue weighted by Crippen LogP contribution is -2.10. The molecular weight excluding hydrogens is 583 g/mol. The molecule has 0 radical (unpaired) electrons. The molecule has 48 heavy (non-hydrogen) atoms. The molecule has 2 heteroatoms. The molecule has 1 aliphatic heterocycles. The minimum Gasteiger partial charge on any atom is -0.456 e. The molecule has 0 aromatic heterocycles. The van der Waals surface area contributed by atoms with Gasteiger partial charge in [0, 0.05) is 33.8 Å². The monoisotopic (exact) mass is 613 g/mol. The quantitative estimate of drug-likeness (QED) is 0.191. The third-order valence-electron chi connectivity index (χ3n) is 9.26. The van der Waals surface area contributed by atoms with E-state index in [0.29, 0.717) is 0 Å². The average Bonchev–Trinajstić information content (AvgIpc) is 3.30. The maximum absolute atomic E-state index is 6.73. The topological polar surface area (TPSA) is 12.5 Å². The van der Waals surface area contributed by atoms with Crippen LogP contribution in [-0.4, -0.2) is 0 Å². The van der Waals surface area contributed by atoms with Crippen LogP contribution in [0.5, 0.6) is 11.5 Å². The third-order valence-corrected chi connectivity index (χ3v) is 9.26. The summed E-state index contributed by atoms with van der Waals surface area (Å²) in [5.74, 6) is 1.70. The molecule has 0 saturated heterocycles. The summed E-state index contributed by atoms with van der Waals surface area (Å²) in [5.41, 5.74) is 12.5. The fourth-order valence-electron chi connectivity index (χ4n) is 6.96. The van der Waals surface area contributed by atoms with Gasteiger partial charge in [0.2, 0.25) is 0 Å². The maximum Gasteiger partial charge on any atom is 0.135 e. The van der Waals surface area contributed by atoms with Crippen LogP contribution in [0.2, 0.25) is 0 Å². The normalized spacial score (nSPS) is 11.5. The minimum atomic E-state index is 0.841. The van der Waals surface area contributed by atoms with E-state index in [4.69, 9.17) is 4.74 Å². The summed E-state index contributed by atoms with van der Waals surface area (Å²) in [6.07, 6.45) is 0. The van der Waals surface area contributed by atoms with Crippen molar-refractivity contribution in [2.75, 3.05) is 4.90 Å². The molecule has 0 N–H and O–H groups in total. The van der Waals surface area contributed by atoms with Gasteiger partial charge < -0.3 is 9.64 Å². The molecule has 0 aliphatic carbocycles. The van der Waals surface area contributed by atoms with Crippen molar-refractivity contribution in [3.05, 3.63) is 188 Å². The Labute approximate surface area is 280 Å². The molecule has 0 bridgehead atoms. The number of rotatable bonds is 5. The van der Waals surface area contributed by atoms with Gasteiger partial charge in [0.25, 0.3) is 0 Å². The second kappa shape index (κ2) is 11.8.